The van der Waals surface area contributed by atoms with Gasteiger partial charge < -0.3 is 15.0 Å². The van der Waals surface area contributed by atoms with Gasteiger partial charge in [-0.05, 0) is 30.5 Å². The second kappa shape index (κ2) is 7.27. The number of hydrogen-bond acceptors (Lipinski definition) is 3. The molecule has 2 rings (SSSR count). The summed E-state index contributed by atoms with van der Waals surface area (Å²) in [6, 6.07) is 4.43. The quantitative estimate of drug-likeness (QED) is 0.899. The Morgan fingerprint density at radius 1 is 1.32 bits per heavy atom. The van der Waals surface area contributed by atoms with Crippen LogP contribution in [-0.2, 0) is 12.8 Å². The highest BCUT2D eigenvalue weighted by atomic mass is 79.9. The number of ether oxygens (including phenoxy) is 1. The SMILES string of the molecule is CCc1c(Br)cc(CCN2CCNCC2)cc1OC. The summed E-state index contributed by atoms with van der Waals surface area (Å²) in [6.07, 6.45) is 2.07. The van der Waals surface area contributed by atoms with Crippen LogP contribution in [0.1, 0.15) is 18.1 Å². The predicted molar refractivity (Wildman–Crippen MR) is 83.1 cm³/mol. The molecule has 4 heteroatoms. The monoisotopic (exact) mass is 326 g/mol. The van der Waals surface area contributed by atoms with E-state index < -0.39 is 0 Å². The number of halogens is 1. The maximum absolute atomic E-state index is 5.50. The summed E-state index contributed by atoms with van der Waals surface area (Å²) in [7, 11) is 1.75. The molecule has 1 N–H and O–H groups in total. The van der Waals surface area contributed by atoms with Crippen molar-refractivity contribution < 1.29 is 4.74 Å². The van der Waals surface area contributed by atoms with Gasteiger partial charge in [-0.1, -0.05) is 22.9 Å². The van der Waals surface area contributed by atoms with Gasteiger partial charge in [0.15, 0.2) is 0 Å². The fourth-order valence-electron chi connectivity index (χ4n) is 2.56. The van der Waals surface area contributed by atoms with Crippen LogP contribution >= 0.6 is 15.9 Å². The summed E-state index contributed by atoms with van der Waals surface area (Å²) in [4.78, 5) is 2.52. The normalized spacial score (nSPS) is 16.6. The first-order valence-electron chi connectivity index (χ1n) is 7.03. The lowest BCUT2D eigenvalue weighted by Gasteiger charge is -2.27. The standard InChI is InChI=1S/C15H23BrN2O/c1-3-13-14(16)10-12(11-15(13)19-2)4-7-18-8-5-17-6-9-18/h10-11,17H,3-9H2,1-2H3. The molecule has 1 aromatic carbocycles. The van der Waals surface area contributed by atoms with Crippen LogP contribution in [0.2, 0.25) is 0 Å². The Hall–Kier alpha value is -0.580. The van der Waals surface area contributed by atoms with Crippen molar-refractivity contribution >= 4 is 15.9 Å². The Balaban J connectivity index is 2.01. The molecule has 0 spiro atoms. The van der Waals surface area contributed by atoms with E-state index in [1.807, 2.05) is 0 Å². The zero-order valence-electron chi connectivity index (χ0n) is 11.8. The molecule has 1 saturated heterocycles. The van der Waals surface area contributed by atoms with Gasteiger partial charge in [-0.15, -0.1) is 0 Å². The predicted octanol–water partition coefficient (Wildman–Crippen LogP) is 2.47. The number of nitrogens with zero attached hydrogens (tertiary/aromatic N) is 1. The maximum Gasteiger partial charge on any atom is 0.123 e. The van der Waals surface area contributed by atoms with Gasteiger partial charge >= 0.3 is 0 Å². The molecule has 0 amide bonds. The molecule has 106 valence electrons. The van der Waals surface area contributed by atoms with Gasteiger partial charge in [0.25, 0.3) is 0 Å². The molecule has 1 fully saturated rings. The van der Waals surface area contributed by atoms with E-state index in [2.05, 4.69) is 45.2 Å². The van der Waals surface area contributed by atoms with E-state index >= 15 is 0 Å². The number of nitrogens with one attached hydrogen (secondary N) is 1. The maximum atomic E-state index is 5.50. The molecule has 1 heterocycles. The number of hydrogen-bond donors (Lipinski definition) is 1. The average molecular weight is 327 g/mol. The van der Waals surface area contributed by atoms with E-state index in [9.17, 15) is 0 Å². The summed E-state index contributed by atoms with van der Waals surface area (Å²) < 4.78 is 6.67. The molecule has 1 aliphatic heterocycles. The number of methoxy groups -OCH3 is 1. The van der Waals surface area contributed by atoms with Crippen molar-refractivity contribution in [1.82, 2.24) is 10.2 Å². The summed E-state index contributed by atoms with van der Waals surface area (Å²) >= 11 is 3.66. The topological polar surface area (TPSA) is 24.5 Å². The first-order chi connectivity index (χ1) is 9.24. The highest BCUT2D eigenvalue weighted by molar-refractivity contribution is 9.10. The Morgan fingerprint density at radius 3 is 2.68 bits per heavy atom. The third-order valence-electron chi connectivity index (χ3n) is 3.71. The Morgan fingerprint density at radius 2 is 2.05 bits per heavy atom. The van der Waals surface area contributed by atoms with Crippen LogP contribution < -0.4 is 10.1 Å². The van der Waals surface area contributed by atoms with Gasteiger partial charge in [0, 0.05) is 42.8 Å². The van der Waals surface area contributed by atoms with Gasteiger partial charge in [0.2, 0.25) is 0 Å². The molecule has 1 aliphatic rings. The summed E-state index contributed by atoms with van der Waals surface area (Å²) in [5, 5.41) is 3.39. The summed E-state index contributed by atoms with van der Waals surface area (Å²) in [5.74, 6) is 1.01. The molecule has 0 unspecified atom stereocenters. The van der Waals surface area contributed by atoms with Crippen LogP contribution in [0.25, 0.3) is 0 Å². The molecule has 19 heavy (non-hydrogen) atoms. The average Bonchev–Trinajstić information content (AvgIpc) is 2.45. The lowest BCUT2D eigenvalue weighted by Crippen LogP contribution is -2.44. The van der Waals surface area contributed by atoms with Crippen molar-refractivity contribution in [2.75, 3.05) is 39.8 Å². The molecule has 1 aromatic rings. The molecule has 0 aromatic heterocycles. The van der Waals surface area contributed by atoms with Gasteiger partial charge in [-0.25, -0.2) is 0 Å². The molecular formula is C15H23BrN2O. The smallest absolute Gasteiger partial charge is 0.123 e. The highest BCUT2D eigenvalue weighted by Crippen LogP contribution is 2.29. The molecule has 3 nitrogen and oxygen atoms in total. The van der Waals surface area contributed by atoms with E-state index in [0.717, 1.165) is 51.3 Å². The van der Waals surface area contributed by atoms with E-state index in [4.69, 9.17) is 4.74 Å². The molecule has 0 atom stereocenters. The first-order valence-corrected chi connectivity index (χ1v) is 7.82. The van der Waals surface area contributed by atoms with Crippen molar-refractivity contribution in [2.24, 2.45) is 0 Å². The van der Waals surface area contributed by atoms with Crippen LogP contribution in [0.5, 0.6) is 5.75 Å². The van der Waals surface area contributed by atoms with Crippen LogP contribution in [-0.4, -0.2) is 44.7 Å². The van der Waals surface area contributed by atoms with Crippen LogP contribution in [0.4, 0.5) is 0 Å². The summed E-state index contributed by atoms with van der Waals surface area (Å²) in [6.45, 7) is 7.83. The fourth-order valence-corrected chi connectivity index (χ4v) is 3.33. The zero-order valence-corrected chi connectivity index (χ0v) is 13.4. The minimum atomic E-state index is 0.988. The second-order valence-corrected chi connectivity index (χ2v) is 5.81. The number of rotatable bonds is 5. The zero-order chi connectivity index (χ0) is 13.7. The molecule has 0 bridgehead atoms. The van der Waals surface area contributed by atoms with E-state index in [1.54, 1.807) is 7.11 Å². The Kier molecular flexibility index (Phi) is 5.67. The third kappa shape index (κ3) is 3.94. The van der Waals surface area contributed by atoms with Crippen molar-refractivity contribution in [2.45, 2.75) is 19.8 Å². The molecule has 0 saturated carbocycles. The third-order valence-corrected chi connectivity index (χ3v) is 4.42. The Labute approximate surface area is 124 Å². The van der Waals surface area contributed by atoms with Crippen molar-refractivity contribution in [3.8, 4) is 5.75 Å². The van der Waals surface area contributed by atoms with Gasteiger partial charge in [0.05, 0.1) is 7.11 Å². The van der Waals surface area contributed by atoms with Crippen molar-refractivity contribution in [1.29, 1.82) is 0 Å². The number of benzene rings is 1. The molecule has 0 radical (unpaired) electrons. The minimum Gasteiger partial charge on any atom is -0.496 e. The van der Waals surface area contributed by atoms with E-state index in [-0.39, 0.29) is 0 Å². The molecule has 0 aliphatic carbocycles. The first kappa shape index (κ1) is 14.8. The second-order valence-electron chi connectivity index (χ2n) is 4.95. The van der Waals surface area contributed by atoms with Crippen LogP contribution in [0, 0.1) is 0 Å². The van der Waals surface area contributed by atoms with Gasteiger partial charge in [-0.3, -0.25) is 0 Å². The lowest BCUT2D eigenvalue weighted by atomic mass is 10.1. The van der Waals surface area contributed by atoms with E-state index in [0.29, 0.717) is 0 Å². The minimum absolute atomic E-state index is 0.988. The van der Waals surface area contributed by atoms with Gasteiger partial charge in [-0.2, -0.15) is 0 Å². The Bertz CT molecular complexity index is 417. The van der Waals surface area contributed by atoms with Crippen LogP contribution in [0.15, 0.2) is 16.6 Å². The fraction of sp³-hybridized carbons (Fsp3) is 0.600. The van der Waals surface area contributed by atoms with Crippen molar-refractivity contribution in [3.63, 3.8) is 0 Å². The number of piperazine rings is 1. The van der Waals surface area contributed by atoms with Crippen molar-refractivity contribution in [3.05, 3.63) is 27.7 Å². The van der Waals surface area contributed by atoms with Crippen LogP contribution in [0.3, 0.4) is 0 Å². The summed E-state index contributed by atoms with van der Waals surface area (Å²) in [5.41, 5.74) is 2.60. The molecular weight excluding hydrogens is 304 g/mol. The van der Waals surface area contributed by atoms with Gasteiger partial charge in [0.1, 0.15) is 5.75 Å². The lowest BCUT2D eigenvalue weighted by molar-refractivity contribution is 0.244. The van der Waals surface area contributed by atoms with E-state index in [1.165, 1.54) is 15.6 Å². The largest absolute Gasteiger partial charge is 0.496 e. The highest BCUT2D eigenvalue weighted by Gasteiger charge is 2.11.